The molecule has 0 radical (unpaired) electrons. The van der Waals surface area contributed by atoms with Crippen LogP contribution in [-0.4, -0.2) is 44.1 Å². The summed E-state index contributed by atoms with van der Waals surface area (Å²) in [5, 5.41) is 4.10. The second-order valence-electron chi connectivity index (χ2n) is 5.90. The topological polar surface area (TPSA) is 81.5 Å². The Balaban J connectivity index is 2.26. The van der Waals surface area contributed by atoms with Crippen LogP contribution in [0.5, 0.6) is 0 Å². The molecule has 22 heavy (non-hydrogen) atoms. The highest BCUT2D eigenvalue weighted by Gasteiger charge is 2.45. The van der Waals surface area contributed by atoms with E-state index in [1.807, 2.05) is 0 Å². The maximum absolute atomic E-state index is 12.7. The maximum Gasteiger partial charge on any atom is 0.312 e. The Morgan fingerprint density at radius 2 is 2.05 bits per heavy atom. The number of carbonyl (C=O) groups excluding carboxylic acids is 1. The SMILES string of the molecule is COC(=O)C1(CS(=O)(=O)N(C)c2ccn(C)n2)CCCCC1. The summed E-state index contributed by atoms with van der Waals surface area (Å²) < 4.78 is 33.0. The molecule has 0 saturated heterocycles. The van der Waals surface area contributed by atoms with E-state index in [0.29, 0.717) is 18.7 Å². The van der Waals surface area contributed by atoms with Gasteiger partial charge in [0.15, 0.2) is 5.82 Å². The molecule has 124 valence electrons. The van der Waals surface area contributed by atoms with Gasteiger partial charge in [-0.2, -0.15) is 5.10 Å². The Kier molecular flexibility index (Phi) is 4.79. The summed E-state index contributed by atoms with van der Waals surface area (Å²) in [7, 11) is 0.844. The fourth-order valence-corrected chi connectivity index (χ4v) is 4.69. The van der Waals surface area contributed by atoms with Crippen molar-refractivity contribution in [2.24, 2.45) is 12.5 Å². The molecule has 1 aliphatic rings. The Bertz CT molecular complexity index is 632. The second kappa shape index (κ2) is 6.28. The van der Waals surface area contributed by atoms with Crippen molar-refractivity contribution in [3.8, 4) is 0 Å². The molecule has 0 N–H and O–H groups in total. The molecule has 1 aliphatic carbocycles. The van der Waals surface area contributed by atoms with Crippen LogP contribution in [0.1, 0.15) is 32.1 Å². The van der Waals surface area contributed by atoms with Gasteiger partial charge in [-0.1, -0.05) is 19.3 Å². The van der Waals surface area contributed by atoms with Crippen molar-refractivity contribution >= 4 is 21.8 Å². The summed E-state index contributed by atoms with van der Waals surface area (Å²) in [4.78, 5) is 12.2. The zero-order chi connectivity index (χ0) is 16.4. The first-order chi connectivity index (χ1) is 10.3. The number of hydrogen-bond acceptors (Lipinski definition) is 5. The Hall–Kier alpha value is -1.57. The first kappa shape index (κ1) is 16.8. The van der Waals surface area contributed by atoms with E-state index in [-0.39, 0.29) is 5.75 Å². The van der Waals surface area contributed by atoms with Gasteiger partial charge in [0, 0.05) is 26.4 Å². The quantitative estimate of drug-likeness (QED) is 0.761. The average Bonchev–Trinajstić information content (AvgIpc) is 2.92. The van der Waals surface area contributed by atoms with Crippen LogP contribution in [0.2, 0.25) is 0 Å². The third kappa shape index (κ3) is 3.26. The molecule has 0 spiro atoms. The summed E-state index contributed by atoms with van der Waals surface area (Å²) in [6.07, 6.45) is 5.49. The lowest BCUT2D eigenvalue weighted by atomic mass is 9.75. The molecule has 1 aromatic heterocycles. The van der Waals surface area contributed by atoms with Gasteiger partial charge in [0.2, 0.25) is 10.0 Å². The highest BCUT2D eigenvalue weighted by Crippen LogP contribution is 2.39. The fraction of sp³-hybridized carbons (Fsp3) is 0.714. The Morgan fingerprint density at radius 1 is 1.41 bits per heavy atom. The Labute approximate surface area is 131 Å². The molecule has 2 rings (SSSR count). The number of methoxy groups -OCH3 is 1. The number of sulfonamides is 1. The number of rotatable bonds is 5. The predicted molar refractivity (Wildman–Crippen MR) is 82.9 cm³/mol. The summed E-state index contributed by atoms with van der Waals surface area (Å²) in [6.45, 7) is 0. The molecule has 1 aromatic rings. The molecular formula is C14H23N3O4S. The molecule has 7 nitrogen and oxygen atoms in total. The minimum absolute atomic E-state index is 0.236. The number of anilines is 1. The van der Waals surface area contributed by atoms with Crippen LogP contribution in [0.4, 0.5) is 5.82 Å². The molecule has 0 unspecified atom stereocenters. The van der Waals surface area contributed by atoms with E-state index in [0.717, 1.165) is 23.6 Å². The third-order valence-corrected chi connectivity index (χ3v) is 6.27. The maximum atomic E-state index is 12.7. The molecule has 0 bridgehead atoms. The van der Waals surface area contributed by atoms with Gasteiger partial charge in [-0.05, 0) is 12.8 Å². The molecule has 1 fully saturated rings. The lowest BCUT2D eigenvalue weighted by Crippen LogP contribution is -2.44. The molecule has 1 saturated carbocycles. The minimum atomic E-state index is -3.66. The highest BCUT2D eigenvalue weighted by molar-refractivity contribution is 7.92. The number of hydrogen-bond donors (Lipinski definition) is 0. The normalized spacial score (nSPS) is 18.0. The Morgan fingerprint density at radius 3 is 2.55 bits per heavy atom. The summed E-state index contributed by atoms with van der Waals surface area (Å²) >= 11 is 0. The minimum Gasteiger partial charge on any atom is -0.469 e. The zero-order valence-corrected chi connectivity index (χ0v) is 14.1. The van der Waals surface area contributed by atoms with E-state index in [4.69, 9.17) is 4.74 Å². The average molecular weight is 329 g/mol. The van der Waals surface area contributed by atoms with Crippen molar-refractivity contribution in [3.63, 3.8) is 0 Å². The number of aromatic nitrogens is 2. The van der Waals surface area contributed by atoms with Gasteiger partial charge < -0.3 is 4.74 Å². The number of ether oxygens (including phenoxy) is 1. The van der Waals surface area contributed by atoms with Gasteiger partial charge in [0.05, 0.1) is 18.3 Å². The molecular weight excluding hydrogens is 306 g/mol. The summed E-state index contributed by atoms with van der Waals surface area (Å²) in [5.41, 5.74) is -0.936. The second-order valence-corrected chi connectivity index (χ2v) is 7.90. The zero-order valence-electron chi connectivity index (χ0n) is 13.3. The van der Waals surface area contributed by atoms with Crippen LogP contribution in [0.3, 0.4) is 0 Å². The molecule has 0 amide bonds. The number of nitrogens with zero attached hydrogens (tertiary/aromatic N) is 3. The van der Waals surface area contributed by atoms with E-state index >= 15 is 0 Å². The van der Waals surface area contributed by atoms with E-state index in [1.54, 1.807) is 19.3 Å². The third-order valence-electron chi connectivity index (χ3n) is 4.33. The number of carbonyl (C=O) groups is 1. The highest BCUT2D eigenvalue weighted by atomic mass is 32.2. The first-order valence-electron chi connectivity index (χ1n) is 7.35. The van der Waals surface area contributed by atoms with Crippen LogP contribution in [-0.2, 0) is 26.6 Å². The monoisotopic (exact) mass is 329 g/mol. The molecule has 0 aliphatic heterocycles. The lowest BCUT2D eigenvalue weighted by Gasteiger charge is -2.35. The number of esters is 1. The van der Waals surface area contributed by atoms with Crippen LogP contribution in [0.25, 0.3) is 0 Å². The van der Waals surface area contributed by atoms with Crippen LogP contribution < -0.4 is 4.31 Å². The van der Waals surface area contributed by atoms with Crippen LogP contribution in [0, 0.1) is 5.41 Å². The van der Waals surface area contributed by atoms with Crippen molar-refractivity contribution < 1.29 is 17.9 Å². The largest absolute Gasteiger partial charge is 0.469 e. The van der Waals surface area contributed by atoms with Crippen LogP contribution in [0.15, 0.2) is 12.3 Å². The fourth-order valence-electron chi connectivity index (χ4n) is 3.01. The van der Waals surface area contributed by atoms with Gasteiger partial charge >= 0.3 is 5.97 Å². The van der Waals surface area contributed by atoms with E-state index in [9.17, 15) is 13.2 Å². The van der Waals surface area contributed by atoms with Gasteiger partial charge in [0.25, 0.3) is 0 Å². The van der Waals surface area contributed by atoms with Crippen molar-refractivity contribution in [2.75, 3.05) is 24.2 Å². The van der Waals surface area contributed by atoms with Crippen molar-refractivity contribution in [1.29, 1.82) is 0 Å². The van der Waals surface area contributed by atoms with Crippen LogP contribution >= 0.6 is 0 Å². The van der Waals surface area contributed by atoms with Gasteiger partial charge in [-0.3, -0.25) is 13.8 Å². The number of aryl methyl sites for hydroxylation is 1. The van der Waals surface area contributed by atoms with E-state index in [2.05, 4.69) is 5.10 Å². The van der Waals surface area contributed by atoms with Gasteiger partial charge in [-0.25, -0.2) is 8.42 Å². The standard InChI is InChI=1S/C14H23N3O4S/c1-16-10-7-12(15-16)17(2)22(19,20)11-14(13(18)21-3)8-5-4-6-9-14/h7,10H,4-6,8-9,11H2,1-3H3. The molecule has 0 aromatic carbocycles. The smallest absolute Gasteiger partial charge is 0.312 e. The predicted octanol–water partition coefficient (Wildman–Crippen LogP) is 1.31. The summed E-state index contributed by atoms with van der Waals surface area (Å²) in [5.74, 6) is -0.316. The first-order valence-corrected chi connectivity index (χ1v) is 8.96. The van der Waals surface area contributed by atoms with E-state index in [1.165, 1.54) is 18.8 Å². The van der Waals surface area contributed by atoms with Gasteiger partial charge in [-0.15, -0.1) is 0 Å². The lowest BCUT2D eigenvalue weighted by molar-refractivity contribution is -0.153. The van der Waals surface area contributed by atoms with Gasteiger partial charge in [0.1, 0.15) is 0 Å². The van der Waals surface area contributed by atoms with E-state index < -0.39 is 21.4 Å². The van der Waals surface area contributed by atoms with Crippen molar-refractivity contribution in [3.05, 3.63) is 12.3 Å². The van der Waals surface area contributed by atoms with Crippen molar-refractivity contribution in [1.82, 2.24) is 9.78 Å². The molecule has 0 atom stereocenters. The molecule has 1 heterocycles. The molecule has 8 heteroatoms. The van der Waals surface area contributed by atoms with Crippen molar-refractivity contribution in [2.45, 2.75) is 32.1 Å². The summed E-state index contributed by atoms with van der Waals surface area (Å²) in [6, 6.07) is 1.63.